The zero-order valence-corrected chi connectivity index (χ0v) is 14.6. The van der Waals surface area contributed by atoms with E-state index in [4.69, 9.17) is 4.55 Å². The summed E-state index contributed by atoms with van der Waals surface area (Å²) in [4.78, 5) is 5.82. The summed E-state index contributed by atoms with van der Waals surface area (Å²) in [5.74, 6) is -0.146. The number of nitrogens with one attached hydrogen (secondary N) is 1. The molecular formula is C15H19BrN2O3S. The minimum absolute atomic E-state index is 0.146. The van der Waals surface area contributed by atoms with Crippen molar-refractivity contribution in [2.24, 2.45) is 0 Å². The van der Waals surface area contributed by atoms with Gasteiger partial charge in [-0.05, 0) is 49.6 Å². The number of benzene rings is 1. The lowest BCUT2D eigenvalue weighted by atomic mass is 10.0. The summed E-state index contributed by atoms with van der Waals surface area (Å²) in [5.41, 5.74) is 3.82. The number of H-pyrrole nitrogens is 1. The van der Waals surface area contributed by atoms with Crippen LogP contribution in [0.2, 0.25) is 0 Å². The van der Waals surface area contributed by atoms with Gasteiger partial charge in [0.1, 0.15) is 0 Å². The molecule has 0 aliphatic carbocycles. The van der Waals surface area contributed by atoms with E-state index in [0.29, 0.717) is 6.42 Å². The van der Waals surface area contributed by atoms with Gasteiger partial charge < -0.3 is 4.98 Å². The Hall–Kier alpha value is -0.890. The molecule has 1 aliphatic rings. The lowest BCUT2D eigenvalue weighted by Crippen LogP contribution is -2.31. The van der Waals surface area contributed by atoms with Crippen LogP contribution in [0.15, 0.2) is 22.7 Å². The molecule has 1 aliphatic heterocycles. The van der Waals surface area contributed by atoms with Crippen molar-refractivity contribution in [1.29, 1.82) is 0 Å². The molecule has 0 bridgehead atoms. The summed E-state index contributed by atoms with van der Waals surface area (Å²) in [6.45, 7) is 2.71. The Kier molecular flexibility index (Phi) is 4.59. The Labute approximate surface area is 138 Å². The van der Waals surface area contributed by atoms with Crippen LogP contribution in [-0.2, 0) is 23.1 Å². The number of fused-ring (bicyclic) bond motifs is 3. The maximum Gasteiger partial charge on any atom is 0.264 e. The number of hydrogen-bond donors (Lipinski definition) is 2. The molecule has 0 radical (unpaired) electrons. The molecule has 1 aromatic heterocycles. The SMILES string of the molecule is O=S(=O)(O)CCCCN1CCc2c([nH]c3ccc(Br)cc23)C1. The van der Waals surface area contributed by atoms with Gasteiger partial charge in [0, 0.05) is 34.2 Å². The summed E-state index contributed by atoms with van der Waals surface area (Å²) in [7, 11) is -3.83. The van der Waals surface area contributed by atoms with Gasteiger partial charge in [-0.1, -0.05) is 15.9 Å². The van der Waals surface area contributed by atoms with Gasteiger partial charge in [0.2, 0.25) is 0 Å². The quantitative estimate of drug-likeness (QED) is 0.611. The summed E-state index contributed by atoms with van der Waals surface area (Å²) in [5, 5.41) is 1.29. The fourth-order valence-corrected chi connectivity index (χ4v) is 4.01. The van der Waals surface area contributed by atoms with E-state index in [9.17, 15) is 8.42 Å². The Balaban J connectivity index is 1.63. The van der Waals surface area contributed by atoms with E-state index in [1.54, 1.807) is 0 Å². The second-order valence-corrected chi connectivity index (χ2v) is 8.28. The van der Waals surface area contributed by atoms with Crippen LogP contribution in [0.3, 0.4) is 0 Å². The lowest BCUT2D eigenvalue weighted by Gasteiger charge is -2.26. The van der Waals surface area contributed by atoms with Crippen LogP contribution in [0, 0.1) is 0 Å². The minimum Gasteiger partial charge on any atom is -0.357 e. The van der Waals surface area contributed by atoms with Crippen molar-refractivity contribution in [3.05, 3.63) is 33.9 Å². The van der Waals surface area contributed by atoms with E-state index in [-0.39, 0.29) is 5.75 Å². The second kappa shape index (κ2) is 6.31. The Morgan fingerprint density at radius 1 is 1.32 bits per heavy atom. The van der Waals surface area contributed by atoms with E-state index < -0.39 is 10.1 Å². The van der Waals surface area contributed by atoms with Crippen LogP contribution < -0.4 is 0 Å². The van der Waals surface area contributed by atoms with Crippen molar-refractivity contribution in [1.82, 2.24) is 9.88 Å². The largest absolute Gasteiger partial charge is 0.357 e. The highest BCUT2D eigenvalue weighted by Gasteiger charge is 2.20. The molecule has 2 aromatic rings. The molecular weight excluding hydrogens is 368 g/mol. The summed E-state index contributed by atoms with van der Waals surface area (Å²) >= 11 is 3.52. The molecule has 1 aromatic carbocycles. The van der Waals surface area contributed by atoms with Crippen molar-refractivity contribution in [3.8, 4) is 0 Å². The first-order chi connectivity index (χ1) is 10.4. The van der Waals surface area contributed by atoms with Crippen LogP contribution in [0.1, 0.15) is 24.1 Å². The molecule has 22 heavy (non-hydrogen) atoms. The van der Waals surface area contributed by atoms with E-state index in [1.807, 2.05) is 6.07 Å². The Morgan fingerprint density at radius 2 is 2.14 bits per heavy atom. The van der Waals surface area contributed by atoms with Crippen LogP contribution >= 0.6 is 15.9 Å². The highest BCUT2D eigenvalue weighted by atomic mass is 79.9. The predicted octanol–water partition coefficient (Wildman–Crippen LogP) is 2.96. The molecule has 0 unspecified atom stereocenters. The third kappa shape index (κ3) is 3.71. The second-order valence-electron chi connectivity index (χ2n) is 5.79. The van der Waals surface area contributed by atoms with Gasteiger partial charge in [-0.2, -0.15) is 8.42 Å². The molecule has 3 rings (SSSR count). The number of aromatic nitrogens is 1. The third-order valence-electron chi connectivity index (χ3n) is 4.14. The average Bonchev–Trinajstić information content (AvgIpc) is 2.80. The van der Waals surface area contributed by atoms with E-state index in [1.165, 1.54) is 22.2 Å². The molecule has 0 spiro atoms. The Bertz CT molecular complexity index is 785. The number of unbranched alkanes of at least 4 members (excludes halogenated alkanes) is 1. The van der Waals surface area contributed by atoms with Gasteiger partial charge in [0.05, 0.1) is 5.75 Å². The number of aromatic amines is 1. The number of rotatable bonds is 5. The zero-order chi connectivity index (χ0) is 15.7. The van der Waals surface area contributed by atoms with Gasteiger partial charge in [0.15, 0.2) is 0 Å². The van der Waals surface area contributed by atoms with Crippen molar-refractivity contribution < 1.29 is 13.0 Å². The van der Waals surface area contributed by atoms with Gasteiger partial charge in [0.25, 0.3) is 10.1 Å². The maximum absolute atomic E-state index is 10.7. The van der Waals surface area contributed by atoms with Crippen molar-refractivity contribution >= 4 is 37.0 Å². The van der Waals surface area contributed by atoms with Crippen LogP contribution in [0.25, 0.3) is 10.9 Å². The molecule has 120 valence electrons. The minimum atomic E-state index is -3.83. The summed E-state index contributed by atoms with van der Waals surface area (Å²) < 4.78 is 31.2. The first-order valence-electron chi connectivity index (χ1n) is 7.39. The average molecular weight is 387 g/mol. The standard InChI is InChI=1S/C15H19BrN2O3S/c16-11-3-4-14-13(9-11)12-5-7-18(10-15(12)17-14)6-1-2-8-22(19,20)21/h3-4,9,17H,1-2,5-8,10H2,(H,19,20,21). The first-order valence-corrected chi connectivity index (χ1v) is 9.79. The molecule has 0 atom stereocenters. The Morgan fingerprint density at radius 3 is 2.91 bits per heavy atom. The topological polar surface area (TPSA) is 73.4 Å². The van der Waals surface area contributed by atoms with Gasteiger partial charge >= 0.3 is 0 Å². The molecule has 5 nitrogen and oxygen atoms in total. The fraction of sp³-hybridized carbons (Fsp3) is 0.467. The summed E-state index contributed by atoms with van der Waals surface area (Å²) in [6, 6.07) is 6.29. The number of hydrogen-bond acceptors (Lipinski definition) is 3. The van der Waals surface area contributed by atoms with E-state index in [2.05, 4.69) is 37.9 Å². The molecule has 2 heterocycles. The van der Waals surface area contributed by atoms with Gasteiger partial charge in [-0.3, -0.25) is 9.45 Å². The molecule has 0 amide bonds. The van der Waals surface area contributed by atoms with Crippen LogP contribution in [-0.4, -0.2) is 41.7 Å². The number of nitrogens with zero attached hydrogens (tertiary/aromatic N) is 1. The predicted molar refractivity (Wildman–Crippen MR) is 90.6 cm³/mol. The lowest BCUT2D eigenvalue weighted by molar-refractivity contribution is 0.248. The smallest absolute Gasteiger partial charge is 0.264 e. The number of halogens is 1. The molecule has 0 fully saturated rings. The summed E-state index contributed by atoms with van der Waals surface area (Å²) in [6.07, 6.45) is 2.28. The van der Waals surface area contributed by atoms with Gasteiger partial charge in [-0.15, -0.1) is 0 Å². The van der Waals surface area contributed by atoms with E-state index >= 15 is 0 Å². The molecule has 2 N–H and O–H groups in total. The molecule has 7 heteroatoms. The molecule has 0 saturated heterocycles. The van der Waals surface area contributed by atoms with Gasteiger partial charge in [-0.25, -0.2) is 0 Å². The third-order valence-corrected chi connectivity index (χ3v) is 5.44. The fourth-order valence-electron chi connectivity index (χ4n) is 3.08. The monoisotopic (exact) mass is 386 g/mol. The molecule has 0 saturated carbocycles. The first kappa shape index (κ1) is 16.0. The zero-order valence-electron chi connectivity index (χ0n) is 12.2. The van der Waals surface area contributed by atoms with E-state index in [0.717, 1.165) is 36.9 Å². The normalized spacial score (nSPS) is 16.1. The maximum atomic E-state index is 10.7. The van der Waals surface area contributed by atoms with Crippen LogP contribution in [0.4, 0.5) is 0 Å². The van der Waals surface area contributed by atoms with Crippen molar-refractivity contribution in [2.45, 2.75) is 25.8 Å². The van der Waals surface area contributed by atoms with Crippen molar-refractivity contribution in [2.75, 3.05) is 18.8 Å². The van der Waals surface area contributed by atoms with Crippen molar-refractivity contribution in [3.63, 3.8) is 0 Å². The highest BCUT2D eigenvalue weighted by Crippen LogP contribution is 2.29. The highest BCUT2D eigenvalue weighted by molar-refractivity contribution is 9.10. The van der Waals surface area contributed by atoms with Crippen LogP contribution in [0.5, 0.6) is 0 Å².